The van der Waals surface area contributed by atoms with E-state index >= 15 is 0 Å². The van der Waals surface area contributed by atoms with Crippen LogP contribution in [0.15, 0.2) is 53.5 Å². The number of nitrogens with zero attached hydrogens (tertiary/aromatic N) is 1. The SMILES string of the molecule is Cc1cccc(NC(N)=NC2CC2c2ccccc2C)c1.I. The molecule has 0 heterocycles. The molecule has 0 aromatic heterocycles. The fourth-order valence-corrected chi connectivity index (χ4v) is 2.74. The van der Waals surface area contributed by atoms with Crippen LogP contribution in [0.2, 0.25) is 0 Å². The van der Waals surface area contributed by atoms with Crippen LogP contribution in [0.5, 0.6) is 0 Å². The highest BCUT2D eigenvalue weighted by atomic mass is 127. The molecule has 3 rings (SSSR count). The van der Waals surface area contributed by atoms with Crippen LogP contribution in [0.1, 0.15) is 29.0 Å². The molecule has 2 atom stereocenters. The lowest BCUT2D eigenvalue weighted by atomic mass is 10.0. The minimum absolute atomic E-state index is 0. The van der Waals surface area contributed by atoms with Crippen LogP contribution >= 0.6 is 24.0 Å². The van der Waals surface area contributed by atoms with Gasteiger partial charge in [0.15, 0.2) is 5.96 Å². The lowest BCUT2D eigenvalue weighted by Gasteiger charge is -2.07. The van der Waals surface area contributed by atoms with Crippen molar-refractivity contribution in [2.75, 3.05) is 5.32 Å². The third kappa shape index (κ3) is 4.00. The topological polar surface area (TPSA) is 50.4 Å². The summed E-state index contributed by atoms with van der Waals surface area (Å²) in [6, 6.07) is 17.0. The number of aryl methyl sites for hydroxylation is 2. The predicted octanol–water partition coefficient (Wildman–Crippen LogP) is 4.20. The Bertz CT molecular complexity index is 682. The fourth-order valence-electron chi connectivity index (χ4n) is 2.74. The summed E-state index contributed by atoms with van der Waals surface area (Å²) in [5.41, 5.74) is 10.9. The van der Waals surface area contributed by atoms with Gasteiger partial charge >= 0.3 is 0 Å². The quantitative estimate of drug-likeness (QED) is 0.455. The Morgan fingerprint density at radius 3 is 2.64 bits per heavy atom. The molecule has 116 valence electrons. The lowest BCUT2D eigenvalue weighted by Crippen LogP contribution is -2.23. The molecule has 2 aromatic carbocycles. The molecule has 0 aliphatic heterocycles. The average molecular weight is 407 g/mol. The Hall–Kier alpha value is -1.56. The molecule has 0 spiro atoms. The molecule has 1 aliphatic rings. The van der Waals surface area contributed by atoms with Gasteiger partial charge in [-0.05, 0) is 49.1 Å². The van der Waals surface area contributed by atoms with Crippen molar-refractivity contribution < 1.29 is 0 Å². The van der Waals surface area contributed by atoms with Gasteiger partial charge in [0.05, 0.1) is 6.04 Å². The molecule has 22 heavy (non-hydrogen) atoms. The number of nitrogens with one attached hydrogen (secondary N) is 1. The van der Waals surface area contributed by atoms with Gasteiger partial charge < -0.3 is 11.1 Å². The normalized spacial score (nSPS) is 20.2. The standard InChI is InChI=1S/C18H21N3.HI/c1-12-6-5-8-14(10-12)20-18(19)21-17-11-16(17)15-9-4-3-7-13(15)2;/h3-10,16-17H,11H2,1-2H3,(H3,19,20,21);1H. The van der Waals surface area contributed by atoms with Gasteiger partial charge in [-0.2, -0.15) is 0 Å². The third-order valence-corrected chi connectivity index (χ3v) is 3.94. The van der Waals surface area contributed by atoms with E-state index in [0.717, 1.165) is 12.1 Å². The van der Waals surface area contributed by atoms with Gasteiger partial charge in [0, 0.05) is 11.6 Å². The molecule has 1 aliphatic carbocycles. The second kappa shape index (κ2) is 7.13. The smallest absolute Gasteiger partial charge is 0.193 e. The summed E-state index contributed by atoms with van der Waals surface area (Å²) in [5.74, 6) is 1.02. The molecule has 0 amide bonds. The molecule has 1 fully saturated rings. The maximum absolute atomic E-state index is 6.01. The van der Waals surface area contributed by atoms with Gasteiger partial charge in [0.1, 0.15) is 0 Å². The summed E-state index contributed by atoms with van der Waals surface area (Å²) < 4.78 is 0. The van der Waals surface area contributed by atoms with Crippen molar-refractivity contribution in [3.05, 3.63) is 65.2 Å². The van der Waals surface area contributed by atoms with Crippen LogP contribution in [0.3, 0.4) is 0 Å². The van der Waals surface area contributed by atoms with Gasteiger partial charge in [0.25, 0.3) is 0 Å². The minimum Gasteiger partial charge on any atom is -0.370 e. The predicted molar refractivity (Wildman–Crippen MR) is 104 cm³/mol. The van der Waals surface area contributed by atoms with Crippen LogP contribution < -0.4 is 11.1 Å². The Balaban J connectivity index is 0.00000176. The zero-order valence-electron chi connectivity index (χ0n) is 12.9. The molecular formula is C18H22IN3. The van der Waals surface area contributed by atoms with Crippen LogP contribution in [0.4, 0.5) is 5.69 Å². The Kier molecular flexibility index (Phi) is 5.45. The van der Waals surface area contributed by atoms with Crippen molar-refractivity contribution in [2.24, 2.45) is 10.7 Å². The highest BCUT2D eigenvalue weighted by Crippen LogP contribution is 2.44. The maximum atomic E-state index is 6.01. The first-order chi connectivity index (χ1) is 10.1. The van der Waals surface area contributed by atoms with Gasteiger partial charge in [-0.25, -0.2) is 4.99 Å². The van der Waals surface area contributed by atoms with Crippen LogP contribution in [-0.4, -0.2) is 12.0 Å². The maximum Gasteiger partial charge on any atom is 0.193 e. The Labute approximate surface area is 149 Å². The first-order valence-electron chi connectivity index (χ1n) is 7.36. The Morgan fingerprint density at radius 2 is 1.91 bits per heavy atom. The van der Waals surface area contributed by atoms with E-state index in [1.165, 1.54) is 16.7 Å². The number of anilines is 1. The molecule has 1 saturated carbocycles. The second-order valence-corrected chi connectivity index (χ2v) is 5.77. The molecule has 0 bridgehead atoms. The fraction of sp³-hybridized carbons (Fsp3) is 0.278. The van der Waals surface area contributed by atoms with E-state index in [9.17, 15) is 0 Å². The largest absolute Gasteiger partial charge is 0.370 e. The van der Waals surface area contributed by atoms with Crippen molar-refractivity contribution in [1.82, 2.24) is 0 Å². The number of rotatable bonds is 3. The van der Waals surface area contributed by atoms with E-state index in [1.807, 2.05) is 12.1 Å². The number of hydrogen-bond acceptors (Lipinski definition) is 1. The van der Waals surface area contributed by atoms with Crippen molar-refractivity contribution in [1.29, 1.82) is 0 Å². The zero-order valence-corrected chi connectivity index (χ0v) is 15.2. The highest BCUT2D eigenvalue weighted by Gasteiger charge is 2.39. The minimum atomic E-state index is 0. The second-order valence-electron chi connectivity index (χ2n) is 5.77. The number of nitrogens with two attached hydrogens (primary N) is 1. The van der Waals surface area contributed by atoms with Gasteiger partial charge in [-0.1, -0.05) is 36.4 Å². The van der Waals surface area contributed by atoms with Crippen LogP contribution in [0, 0.1) is 13.8 Å². The lowest BCUT2D eigenvalue weighted by molar-refractivity contribution is 0.975. The molecule has 0 saturated heterocycles. The van der Waals surface area contributed by atoms with Crippen molar-refractivity contribution >= 4 is 35.6 Å². The summed E-state index contributed by atoms with van der Waals surface area (Å²) in [4.78, 5) is 4.60. The van der Waals surface area contributed by atoms with Crippen molar-refractivity contribution in [3.8, 4) is 0 Å². The van der Waals surface area contributed by atoms with E-state index < -0.39 is 0 Å². The van der Waals surface area contributed by atoms with E-state index in [4.69, 9.17) is 5.73 Å². The highest BCUT2D eigenvalue weighted by molar-refractivity contribution is 14.0. The molecule has 0 radical (unpaired) electrons. The number of aliphatic imine (C=N–C) groups is 1. The van der Waals surface area contributed by atoms with E-state index in [0.29, 0.717) is 17.9 Å². The Morgan fingerprint density at radius 1 is 1.14 bits per heavy atom. The molecule has 2 aromatic rings. The summed E-state index contributed by atoms with van der Waals surface area (Å²) >= 11 is 0. The number of hydrogen-bond donors (Lipinski definition) is 2. The van der Waals surface area contributed by atoms with E-state index in [2.05, 4.69) is 60.6 Å². The van der Waals surface area contributed by atoms with E-state index in [1.54, 1.807) is 0 Å². The summed E-state index contributed by atoms with van der Waals surface area (Å²) in [6.07, 6.45) is 1.08. The molecule has 4 heteroatoms. The summed E-state index contributed by atoms with van der Waals surface area (Å²) in [6.45, 7) is 4.22. The van der Waals surface area contributed by atoms with Crippen LogP contribution in [-0.2, 0) is 0 Å². The summed E-state index contributed by atoms with van der Waals surface area (Å²) in [5, 5.41) is 3.17. The number of halogens is 1. The average Bonchev–Trinajstić information content (AvgIpc) is 3.18. The molecular weight excluding hydrogens is 385 g/mol. The number of benzene rings is 2. The van der Waals surface area contributed by atoms with Gasteiger partial charge in [-0.15, -0.1) is 24.0 Å². The molecule has 3 nitrogen and oxygen atoms in total. The molecule has 2 unspecified atom stereocenters. The van der Waals surface area contributed by atoms with Crippen molar-refractivity contribution in [2.45, 2.75) is 32.2 Å². The molecule has 3 N–H and O–H groups in total. The van der Waals surface area contributed by atoms with Crippen LogP contribution in [0.25, 0.3) is 0 Å². The van der Waals surface area contributed by atoms with E-state index in [-0.39, 0.29) is 24.0 Å². The van der Waals surface area contributed by atoms with Gasteiger partial charge in [-0.3, -0.25) is 0 Å². The third-order valence-electron chi connectivity index (χ3n) is 3.94. The zero-order chi connectivity index (χ0) is 14.8. The van der Waals surface area contributed by atoms with Gasteiger partial charge in [0.2, 0.25) is 0 Å². The van der Waals surface area contributed by atoms with Crippen molar-refractivity contribution in [3.63, 3.8) is 0 Å². The monoisotopic (exact) mass is 407 g/mol. The number of guanidine groups is 1. The first kappa shape index (κ1) is 16.8. The summed E-state index contributed by atoms with van der Waals surface area (Å²) in [7, 11) is 0. The first-order valence-corrected chi connectivity index (χ1v) is 7.36.